The summed E-state index contributed by atoms with van der Waals surface area (Å²) in [6, 6.07) is 1.75. The molecule has 2 atom stereocenters. The predicted molar refractivity (Wildman–Crippen MR) is 86.8 cm³/mol. The normalized spacial score (nSPS) is 23.9. The lowest BCUT2D eigenvalue weighted by molar-refractivity contribution is 0.423. The fraction of sp³-hybridized carbons (Fsp3) is 0.692. The van der Waals surface area contributed by atoms with Crippen molar-refractivity contribution in [2.45, 2.75) is 55.3 Å². The minimum Gasteiger partial charge on any atom is -0.326 e. The van der Waals surface area contributed by atoms with E-state index in [1.165, 1.54) is 17.8 Å². The quantitative estimate of drug-likeness (QED) is 0.867. The molecule has 1 fully saturated rings. The molecule has 3 N–H and O–H groups in total. The van der Waals surface area contributed by atoms with Crippen LogP contribution in [-0.4, -0.2) is 26.0 Å². The number of thiophene rings is 1. The number of sulfonamides is 1. The zero-order chi connectivity index (χ0) is 14.8. The Morgan fingerprint density at radius 1 is 1.45 bits per heavy atom. The van der Waals surface area contributed by atoms with Crippen molar-refractivity contribution in [3.8, 4) is 0 Å². The molecule has 1 heterocycles. The molecule has 20 heavy (non-hydrogen) atoms. The number of thioether (sulfide) groups is 1. The summed E-state index contributed by atoms with van der Waals surface area (Å²) in [5.74, 6) is 0. The molecule has 7 heteroatoms. The topological polar surface area (TPSA) is 72.2 Å². The summed E-state index contributed by atoms with van der Waals surface area (Å²) in [5.41, 5.74) is 5.60. The van der Waals surface area contributed by atoms with Crippen molar-refractivity contribution in [2.75, 3.05) is 6.26 Å². The van der Waals surface area contributed by atoms with Crippen molar-refractivity contribution < 1.29 is 8.42 Å². The van der Waals surface area contributed by atoms with Gasteiger partial charge in [0.1, 0.15) is 0 Å². The fourth-order valence-electron chi connectivity index (χ4n) is 2.67. The molecule has 0 radical (unpaired) electrons. The molecule has 0 bridgehead atoms. The summed E-state index contributed by atoms with van der Waals surface area (Å²) < 4.78 is 28.0. The summed E-state index contributed by atoms with van der Waals surface area (Å²) in [6.45, 7) is 2.23. The molecule has 114 valence electrons. The second-order valence-corrected chi connectivity index (χ2v) is 9.22. The maximum absolute atomic E-state index is 12.6. The average molecular weight is 335 g/mol. The van der Waals surface area contributed by atoms with Gasteiger partial charge in [-0.05, 0) is 32.1 Å². The Kier molecular flexibility index (Phi) is 5.53. The molecule has 1 saturated carbocycles. The Morgan fingerprint density at radius 3 is 2.75 bits per heavy atom. The molecule has 0 amide bonds. The van der Waals surface area contributed by atoms with Crippen LogP contribution in [0.2, 0.25) is 0 Å². The fourth-order valence-corrected chi connectivity index (χ4v) is 6.51. The molecule has 2 rings (SSSR count). The van der Waals surface area contributed by atoms with Crippen LogP contribution in [0.3, 0.4) is 0 Å². The van der Waals surface area contributed by atoms with Crippen LogP contribution in [0, 0.1) is 6.92 Å². The number of nitrogens with two attached hydrogens (primary N) is 1. The first-order valence-electron chi connectivity index (χ1n) is 6.82. The van der Waals surface area contributed by atoms with Gasteiger partial charge in [-0.3, -0.25) is 0 Å². The van der Waals surface area contributed by atoms with Crippen molar-refractivity contribution >= 4 is 33.1 Å². The van der Waals surface area contributed by atoms with Crippen molar-refractivity contribution in [1.29, 1.82) is 0 Å². The van der Waals surface area contributed by atoms with Gasteiger partial charge in [-0.2, -0.15) is 11.8 Å². The zero-order valence-corrected chi connectivity index (χ0v) is 14.3. The maximum atomic E-state index is 12.6. The first-order valence-corrected chi connectivity index (χ1v) is 10.4. The second kappa shape index (κ2) is 6.79. The molecule has 1 aliphatic carbocycles. The van der Waals surface area contributed by atoms with E-state index < -0.39 is 10.0 Å². The number of rotatable bonds is 5. The Labute approximate surface area is 129 Å². The highest BCUT2D eigenvalue weighted by Gasteiger charge is 2.30. The molecule has 2 unspecified atom stereocenters. The summed E-state index contributed by atoms with van der Waals surface area (Å²) in [4.78, 5) is 2.12. The predicted octanol–water partition coefficient (Wildman–Crippen LogP) is 2.47. The summed E-state index contributed by atoms with van der Waals surface area (Å²) in [5, 5.41) is 0.381. The Hall–Kier alpha value is -0.0800. The van der Waals surface area contributed by atoms with Gasteiger partial charge in [-0.15, -0.1) is 11.3 Å². The van der Waals surface area contributed by atoms with Gasteiger partial charge >= 0.3 is 0 Å². The molecular weight excluding hydrogens is 312 g/mol. The van der Waals surface area contributed by atoms with Crippen molar-refractivity contribution in [3.05, 3.63) is 15.8 Å². The third-order valence-corrected chi connectivity index (χ3v) is 7.71. The van der Waals surface area contributed by atoms with Crippen molar-refractivity contribution in [3.63, 3.8) is 0 Å². The van der Waals surface area contributed by atoms with Crippen LogP contribution in [0.15, 0.2) is 11.0 Å². The second-order valence-electron chi connectivity index (χ2n) is 5.12. The molecule has 0 aromatic carbocycles. The van der Waals surface area contributed by atoms with Crippen LogP contribution in [-0.2, 0) is 16.6 Å². The average Bonchev–Trinajstić information content (AvgIpc) is 2.81. The highest BCUT2D eigenvalue weighted by molar-refractivity contribution is 7.99. The molecule has 1 aromatic rings. The molecule has 4 nitrogen and oxygen atoms in total. The van der Waals surface area contributed by atoms with Gasteiger partial charge in [0.05, 0.1) is 4.90 Å². The van der Waals surface area contributed by atoms with Crippen LogP contribution >= 0.6 is 23.1 Å². The van der Waals surface area contributed by atoms with Crippen molar-refractivity contribution in [2.24, 2.45) is 5.73 Å². The van der Waals surface area contributed by atoms with E-state index in [2.05, 4.69) is 11.0 Å². The minimum absolute atomic E-state index is 0.0457. The van der Waals surface area contributed by atoms with Crippen LogP contribution in [0.5, 0.6) is 0 Å². The van der Waals surface area contributed by atoms with Crippen molar-refractivity contribution in [1.82, 2.24) is 4.72 Å². The van der Waals surface area contributed by atoms with Gasteiger partial charge in [0.15, 0.2) is 0 Å². The smallest absolute Gasteiger partial charge is 0.241 e. The minimum atomic E-state index is -3.43. The zero-order valence-electron chi connectivity index (χ0n) is 11.9. The van der Waals surface area contributed by atoms with Gasteiger partial charge in [0.25, 0.3) is 0 Å². The number of hydrogen-bond donors (Lipinski definition) is 2. The van der Waals surface area contributed by atoms with E-state index in [-0.39, 0.29) is 6.04 Å². The molecular formula is C13H22N2O2S3. The van der Waals surface area contributed by atoms with Gasteiger partial charge < -0.3 is 5.73 Å². The first kappa shape index (κ1) is 16.3. The Morgan fingerprint density at radius 2 is 2.15 bits per heavy atom. The third kappa shape index (κ3) is 3.57. The molecule has 1 aliphatic rings. The van der Waals surface area contributed by atoms with Crippen LogP contribution < -0.4 is 10.5 Å². The Balaban J connectivity index is 2.19. The summed E-state index contributed by atoms with van der Waals surface area (Å²) in [6.07, 6.45) is 6.36. The van der Waals surface area contributed by atoms with Gasteiger partial charge in [-0.25, -0.2) is 13.1 Å². The van der Waals surface area contributed by atoms with E-state index in [0.29, 0.717) is 16.7 Å². The third-order valence-electron chi connectivity index (χ3n) is 3.73. The lowest BCUT2D eigenvalue weighted by Crippen LogP contribution is -2.43. The lowest BCUT2D eigenvalue weighted by Gasteiger charge is -2.30. The summed E-state index contributed by atoms with van der Waals surface area (Å²) >= 11 is 3.22. The highest BCUT2D eigenvalue weighted by atomic mass is 32.2. The van der Waals surface area contributed by atoms with Crippen LogP contribution in [0.1, 0.15) is 35.4 Å². The monoisotopic (exact) mass is 334 g/mol. The highest BCUT2D eigenvalue weighted by Crippen LogP contribution is 2.30. The van der Waals surface area contributed by atoms with Crippen LogP contribution in [0.4, 0.5) is 0 Å². The maximum Gasteiger partial charge on any atom is 0.241 e. The molecule has 0 spiro atoms. The van der Waals surface area contributed by atoms with E-state index in [1.54, 1.807) is 17.8 Å². The standard InChI is InChI=1S/C13H22N2O2S3/c1-9-13(7-10(8-14)19-9)20(16,17)15-11-5-3-4-6-12(11)18-2/h7,11-12,15H,3-6,8,14H2,1-2H3. The van der Waals surface area contributed by atoms with E-state index in [9.17, 15) is 8.42 Å². The lowest BCUT2D eigenvalue weighted by atomic mass is 9.96. The van der Waals surface area contributed by atoms with Gasteiger partial charge in [0, 0.05) is 27.6 Å². The number of nitrogens with one attached hydrogen (secondary N) is 1. The number of hydrogen-bond acceptors (Lipinski definition) is 5. The van der Waals surface area contributed by atoms with Gasteiger partial charge in [-0.1, -0.05) is 12.8 Å². The van der Waals surface area contributed by atoms with E-state index in [4.69, 9.17) is 5.73 Å². The van der Waals surface area contributed by atoms with Gasteiger partial charge in [0.2, 0.25) is 10.0 Å². The summed E-state index contributed by atoms with van der Waals surface area (Å²) in [7, 11) is -3.43. The van der Waals surface area contributed by atoms with Crippen LogP contribution in [0.25, 0.3) is 0 Å². The largest absolute Gasteiger partial charge is 0.326 e. The number of aryl methyl sites for hydroxylation is 1. The SMILES string of the molecule is CSC1CCCCC1NS(=O)(=O)c1cc(CN)sc1C. The van der Waals surface area contributed by atoms with E-state index >= 15 is 0 Å². The first-order chi connectivity index (χ1) is 9.47. The Bertz CT molecular complexity index is 554. The molecule has 1 aromatic heterocycles. The molecule has 0 aliphatic heterocycles. The van der Waals surface area contributed by atoms with E-state index in [1.807, 2.05) is 6.92 Å². The molecule has 0 saturated heterocycles. The van der Waals surface area contributed by atoms with E-state index in [0.717, 1.165) is 29.0 Å².